The number of anilines is 4. The third-order valence-electron chi connectivity index (χ3n) is 5.00. The molecule has 3 amide bonds. The largest absolute Gasteiger partial charge is 0.383 e. The van der Waals surface area contributed by atoms with Crippen LogP contribution in [0, 0.1) is 13.8 Å². The molecule has 0 aliphatic rings. The molecule has 2 heterocycles. The summed E-state index contributed by atoms with van der Waals surface area (Å²) in [6.45, 7) is 3.60. The number of para-hydroxylation sites is 2. The second-order valence-corrected chi connectivity index (χ2v) is 7.59. The van der Waals surface area contributed by atoms with Gasteiger partial charge in [0.2, 0.25) is 0 Å². The number of nitrogen functional groups attached to an aromatic ring is 1. The molecular weight excluding hydrogens is 430 g/mol. The summed E-state index contributed by atoms with van der Waals surface area (Å²) < 4.78 is 0. The van der Waals surface area contributed by atoms with E-state index in [-0.39, 0.29) is 11.6 Å². The Morgan fingerprint density at radius 1 is 0.794 bits per heavy atom. The van der Waals surface area contributed by atoms with Gasteiger partial charge in [-0.1, -0.05) is 42.5 Å². The molecule has 0 unspecified atom stereocenters. The number of rotatable bonds is 5. The molecule has 34 heavy (non-hydrogen) atoms. The van der Waals surface area contributed by atoms with Gasteiger partial charge < -0.3 is 16.4 Å². The molecule has 5 N–H and O–H groups in total. The second-order valence-electron chi connectivity index (χ2n) is 7.59. The molecular formula is C25H23N7O2. The van der Waals surface area contributed by atoms with E-state index in [9.17, 15) is 9.59 Å². The summed E-state index contributed by atoms with van der Waals surface area (Å²) in [5.41, 5.74) is 10.1. The minimum Gasteiger partial charge on any atom is -0.383 e. The van der Waals surface area contributed by atoms with Crippen LogP contribution in [0.2, 0.25) is 0 Å². The van der Waals surface area contributed by atoms with Gasteiger partial charge in [0, 0.05) is 11.3 Å². The van der Waals surface area contributed by atoms with Gasteiger partial charge in [-0.15, -0.1) is 10.2 Å². The Balaban J connectivity index is 1.45. The molecule has 2 aromatic carbocycles. The quantitative estimate of drug-likeness (QED) is 0.348. The summed E-state index contributed by atoms with van der Waals surface area (Å²) in [7, 11) is 0. The van der Waals surface area contributed by atoms with Crippen LogP contribution in [-0.2, 0) is 0 Å². The summed E-state index contributed by atoms with van der Waals surface area (Å²) in [6, 6.07) is 21.1. The summed E-state index contributed by atoms with van der Waals surface area (Å²) in [6.07, 6.45) is 0. The van der Waals surface area contributed by atoms with Crippen LogP contribution in [0.15, 0.2) is 72.8 Å². The topological polar surface area (TPSA) is 135 Å². The first-order valence-corrected chi connectivity index (χ1v) is 10.5. The van der Waals surface area contributed by atoms with E-state index in [4.69, 9.17) is 5.73 Å². The molecule has 9 nitrogen and oxygen atoms in total. The van der Waals surface area contributed by atoms with E-state index in [1.807, 2.05) is 37.3 Å². The maximum atomic E-state index is 12.9. The van der Waals surface area contributed by atoms with E-state index < -0.39 is 11.9 Å². The van der Waals surface area contributed by atoms with E-state index in [0.29, 0.717) is 28.2 Å². The number of nitrogens with two attached hydrogens (primary N) is 1. The summed E-state index contributed by atoms with van der Waals surface area (Å²) in [4.78, 5) is 29.6. The zero-order chi connectivity index (χ0) is 24.1. The third-order valence-corrected chi connectivity index (χ3v) is 5.00. The minimum absolute atomic E-state index is 0.149. The highest BCUT2D eigenvalue weighted by Gasteiger charge is 2.17. The van der Waals surface area contributed by atoms with Gasteiger partial charge in [0.1, 0.15) is 5.82 Å². The number of nitrogens with zero attached hydrogens (tertiary/aromatic N) is 3. The molecule has 0 radical (unpaired) electrons. The van der Waals surface area contributed by atoms with E-state index >= 15 is 0 Å². The number of amides is 3. The van der Waals surface area contributed by atoms with Crippen LogP contribution in [0.3, 0.4) is 0 Å². The van der Waals surface area contributed by atoms with Crippen LogP contribution in [0.25, 0.3) is 11.3 Å². The predicted molar refractivity (Wildman–Crippen MR) is 133 cm³/mol. The first-order chi connectivity index (χ1) is 16.4. The fourth-order valence-corrected chi connectivity index (χ4v) is 3.48. The standard InChI is InChI=1S/C25H23N7O2/c1-15-14-16(2)27-23(26)22(15)24(33)28-19-10-6-7-11-20(19)29-25(34)30-21-13-12-18(31-32-21)17-8-4-3-5-9-17/h3-14H,1-2H3,(H2,26,27)(H,28,33)(H2,29,30,32,34). The number of hydrogen-bond donors (Lipinski definition) is 4. The highest BCUT2D eigenvalue weighted by Crippen LogP contribution is 2.24. The Morgan fingerprint density at radius 2 is 1.47 bits per heavy atom. The highest BCUT2D eigenvalue weighted by molar-refractivity contribution is 6.11. The normalized spacial score (nSPS) is 10.4. The van der Waals surface area contributed by atoms with Crippen LogP contribution in [0.5, 0.6) is 0 Å². The number of benzene rings is 2. The Bertz CT molecular complexity index is 1320. The lowest BCUT2D eigenvalue weighted by molar-refractivity contribution is 0.102. The van der Waals surface area contributed by atoms with Gasteiger partial charge >= 0.3 is 6.03 Å². The van der Waals surface area contributed by atoms with E-state index in [1.54, 1.807) is 49.4 Å². The number of carbonyl (C=O) groups excluding carboxylic acids is 2. The average Bonchev–Trinajstić information content (AvgIpc) is 2.81. The van der Waals surface area contributed by atoms with E-state index in [2.05, 4.69) is 31.1 Å². The Kier molecular flexibility index (Phi) is 6.45. The van der Waals surface area contributed by atoms with E-state index in [0.717, 1.165) is 11.3 Å². The van der Waals surface area contributed by atoms with Crippen molar-refractivity contribution >= 4 is 34.9 Å². The maximum Gasteiger partial charge on any atom is 0.324 e. The van der Waals surface area contributed by atoms with Gasteiger partial charge in [-0.2, -0.15) is 0 Å². The number of hydrogen-bond acceptors (Lipinski definition) is 6. The van der Waals surface area contributed by atoms with Gasteiger partial charge in [-0.3, -0.25) is 10.1 Å². The first kappa shape index (κ1) is 22.4. The molecule has 9 heteroatoms. The number of carbonyl (C=O) groups is 2. The molecule has 0 aliphatic carbocycles. The molecule has 4 rings (SSSR count). The lowest BCUT2D eigenvalue weighted by Gasteiger charge is -2.14. The smallest absolute Gasteiger partial charge is 0.324 e. The van der Waals surface area contributed by atoms with E-state index in [1.165, 1.54) is 0 Å². The highest BCUT2D eigenvalue weighted by atomic mass is 16.2. The Hall–Kier alpha value is -4.79. The number of nitrogens with one attached hydrogen (secondary N) is 3. The molecule has 170 valence electrons. The fourth-order valence-electron chi connectivity index (χ4n) is 3.48. The van der Waals surface area contributed by atoms with Gasteiger partial charge in [0.05, 0.1) is 22.6 Å². The Morgan fingerprint density at radius 3 is 2.12 bits per heavy atom. The SMILES string of the molecule is Cc1cc(C)c(C(=O)Nc2ccccc2NC(=O)Nc2ccc(-c3ccccc3)nn2)c(N)n1. The molecule has 0 saturated heterocycles. The number of aromatic nitrogens is 3. The van der Waals surface area contributed by atoms with Crippen molar-refractivity contribution < 1.29 is 9.59 Å². The Labute approximate surface area is 196 Å². The van der Waals surface area contributed by atoms with Crippen LogP contribution in [0.4, 0.5) is 27.8 Å². The van der Waals surface area contributed by atoms with Crippen molar-refractivity contribution in [3.8, 4) is 11.3 Å². The van der Waals surface area contributed by atoms with Gasteiger partial charge in [-0.25, -0.2) is 9.78 Å². The van der Waals surface area contributed by atoms with Crippen LogP contribution in [0.1, 0.15) is 21.6 Å². The average molecular weight is 454 g/mol. The molecule has 0 atom stereocenters. The lowest BCUT2D eigenvalue weighted by Crippen LogP contribution is -2.22. The molecule has 4 aromatic rings. The van der Waals surface area contributed by atoms with Crippen molar-refractivity contribution in [2.45, 2.75) is 13.8 Å². The maximum absolute atomic E-state index is 12.9. The molecule has 0 spiro atoms. The monoisotopic (exact) mass is 453 g/mol. The predicted octanol–water partition coefficient (Wildman–Crippen LogP) is 4.63. The molecule has 2 aromatic heterocycles. The summed E-state index contributed by atoms with van der Waals surface area (Å²) in [5, 5.41) is 16.4. The van der Waals surface area contributed by atoms with Gasteiger partial charge in [0.25, 0.3) is 5.91 Å². The summed E-state index contributed by atoms with van der Waals surface area (Å²) >= 11 is 0. The van der Waals surface area contributed by atoms with Crippen molar-refractivity contribution in [1.29, 1.82) is 0 Å². The van der Waals surface area contributed by atoms with Crippen molar-refractivity contribution in [1.82, 2.24) is 15.2 Å². The molecule has 0 aliphatic heterocycles. The number of aryl methyl sites for hydroxylation is 2. The summed E-state index contributed by atoms with van der Waals surface area (Å²) in [5.74, 6) is 0.0167. The van der Waals surface area contributed by atoms with Crippen LogP contribution >= 0.6 is 0 Å². The van der Waals surface area contributed by atoms with Crippen molar-refractivity contribution in [2.75, 3.05) is 21.7 Å². The van der Waals surface area contributed by atoms with Crippen LogP contribution in [-0.4, -0.2) is 27.1 Å². The van der Waals surface area contributed by atoms with Crippen LogP contribution < -0.4 is 21.7 Å². The molecule has 0 saturated carbocycles. The molecule has 0 bridgehead atoms. The van der Waals surface area contributed by atoms with Gasteiger partial charge in [0.15, 0.2) is 5.82 Å². The molecule has 0 fully saturated rings. The first-order valence-electron chi connectivity index (χ1n) is 10.5. The fraction of sp³-hybridized carbons (Fsp3) is 0.0800. The van der Waals surface area contributed by atoms with Crippen molar-refractivity contribution in [3.63, 3.8) is 0 Å². The lowest BCUT2D eigenvalue weighted by atomic mass is 10.1. The number of urea groups is 1. The second kappa shape index (κ2) is 9.78. The van der Waals surface area contributed by atoms with Crippen molar-refractivity contribution in [2.24, 2.45) is 0 Å². The number of pyridine rings is 1. The third kappa shape index (κ3) is 5.16. The minimum atomic E-state index is -0.531. The van der Waals surface area contributed by atoms with Gasteiger partial charge in [-0.05, 0) is 49.7 Å². The zero-order valence-corrected chi connectivity index (χ0v) is 18.7. The van der Waals surface area contributed by atoms with Crippen molar-refractivity contribution in [3.05, 3.63) is 89.6 Å². The zero-order valence-electron chi connectivity index (χ0n) is 18.7.